The van der Waals surface area contributed by atoms with E-state index < -0.39 is 10.0 Å². The molecule has 1 aliphatic heterocycles. The zero-order valence-corrected chi connectivity index (χ0v) is 14.5. The van der Waals surface area contributed by atoms with Gasteiger partial charge in [0.1, 0.15) is 0 Å². The molecule has 0 bridgehead atoms. The summed E-state index contributed by atoms with van der Waals surface area (Å²) in [4.78, 5) is 25.7. The number of nitrogens with zero attached hydrogens (tertiary/aromatic N) is 2. The van der Waals surface area contributed by atoms with Crippen molar-refractivity contribution in [1.82, 2.24) is 14.2 Å². The van der Waals surface area contributed by atoms with Gasteiger partial charge in [-0.05, 0) is 18.4 Å². The minimum atomic E-state index is -3.32. The highest BCUT2D eigenvalue weighted by atomic mass is 32.2. The van der Waals surface area contributed by atoms with Crippen molar-refractivity contribution in [1.29, 1.82) is 0 Å². The molecule has 23 heavy (non-hydrogen) atoms. The largest absolute Gasteiger partial charge is 0.337 e. The van der Waals surface area contributed by atoms with E-state index in [2.05, 4.69) is 4.72 Å². The van der Waals surface area contributed by atoms with Gasteiger partial charge in [0.2, 0.25) is 15.6 Å². The van der Waals surface area contributed by atoms with E-state index in [0.29, 0.717) is 18.7 Å². The average Bonchev–Trinajstić information content (AvgIpc) is 2.82. The number of hydrogen-bond donors (Lipinski definition) is 1. The predicted octanol–water partition coefficient (Wildman–Crippen LogP) is 0.175. The van der Waals surface area contributed by atoms with Crippen LogP contribution in [-0.4, -0.2) is 49.2 Å². The van der Waals surface area contributed by atoms with Crippen molar-refractivity contribution in [3.8, 4) is 0 Å². The summed E-state index contributed by atoms with van der Waals surface area (Å²) in [6, 6.07) is 2.61. The van der Waals surface area contributed by atoms with E-state index in [4.69, 9.17) is 0 Å². The van der Waals surface area contributed by atoms with Crippen molar-refractivity contribution in [2.75, 3.05) is 19.3 Å². The summed E-state index contributed by atoms with van der Waals surface area (Å²) in [7, 11) is -1.72. The first-order chi connectivity index (χ1) is 10.7. The van der Waals surface area contributed by atoms with Gasteiger partial charge >= 0.3 is 0 Å². The Labute approximate surface area is 136 Å². The van der Waals surface area contributed by atoms with Crippen molar-refractivity contribution >= 4 is 15.9 Å². The number of sulfonamides is 1. The van der Waals surface area contributed by atoms with Crippen LogP contribution in [0.25, 0.3) is 0 Å². The summed E-state index contributed by atoms with van der Waals surface area (Å²) in [5.41, 5.74) is 0.255. The third kappa shape index (κ3) is 4.42. The van der Waals surface area contributed by atoms with Crippen LogP contribution in [0.4, 0.5) is 0 Å². The van der Waals surface area contributed by atoms with Crippen molar-refractivity contribution in [2.24, 2.45) is 13.0 Å². The molecular weight excluding hydrogens is 318 g/mol. The number of aryl methyl sites for hydroxylation is 1. The highest BCUT2D eigenvalue weighted by Gasteiger charge is 2.36. The molecule has 0 aliphatic carbocycles. The smallest absolute Gasteiger partial charge is 0.255 e. The zero-order valence-electron chi connectivity index (χ0n) is 13.7. The number of carbonyl (C=O) groups excluding carboxylic acids is 1. The number of likely N-dealkylation sites (tertiary alicyclic amines) is 1. The van der Waals surface area contributed by atoms with Gasteiger partial charge in [0, 0.05) is 38.4 Å². The summed E-state index contributed by atoms with van der Waals surface area (Å²) in [6.45, 7) is 2.90. The third-order valence-corrected chi connectivity index (χ3v) is 4.82. The highest BCUT2D eigenvalue weighted by Crippen LogP contribution is 2.23. The van der Waals surface area contributed by atoms with Crippen LogP contribution in [0.15, 0.2) is 23.1 Å². The molecule has 2 heterocycles. The molecule has 0 aromatic carbocycles. The first-order valence-corrected chi connectivity index (χ1v) is 9.53. The van der Waals surface area contributed by atoms with Gasteiger partial charge in [-0.2, -0.15) is 0 Å². The lowest BCUT2D eigenvalue weighted by atomic mass is 9.99. The lowest BCUT2D eigenvalue weighted by Gasteiger charge is -2.17. The summed E-state index contributed by atoms with van der Waals surface area (Å²) in [6.07, 6.45) is 4.42. The molecule has 1 N–H and O–H groups in total. The Hall–Kier alpha value is -1.67. The van der Waals surface area contributed by atoms with Gasteiger partial charge in [-0.25, -0.2) is 13.1 Å². The second-order valence-electron chi connectivity index (χ2n) is 6.12. The van der Waals surface area contributed by atoms with Crippen LogP contribution in [0.5, 0.6) is 0 Å². The van der Waals surface area contributed by atoms with Crippen LogP contribution in [0.2, 0.25) is 0 Å². The molecular formula is C15H23N3O4S. The summed E-state index contributed by atoms with van der Waals surface area (Å²) < 4.78 is 27.0. The lowest BCUT2D eigenvalue weighted by Crippen LogP contribution is -2.40. The molecule has 7 nitrogen and oxygen atoms in total. The van der Waals surface area contributed by atoms with Crippen LogP contribution < -0.4 is 10.3 Å². The Morgan fingerprint density at radius 1 is 1.35 bits per heavy atom. The van der Waals surface area contributed by atoms with E-state index in [0.717, 1.165) is 19.1 Å². The number of nitrogens with one attached hydrogen (secondary N) is 1. The predicted molar refractivity (Wildman–Crippen MR) is 87.8 cm³/mol. The molecule has 2 atom stereocenters. The van der Waals surface area contributed by atoms with Gasteiger partial charge in [0.05, 0.1) is 11.8 Å². The molecule has 1 saturated heterocycles. The first-order valence-electron chi connectivity index (χ1n) is 7.64. The van der Waals surface area contributed by atoms with Crippen LogP contribution in [0, 0.1) is 5.92 Å². The topological polar surface area (TPSA) is 88.5 Å². The Balaban J connectivity index is 2.18. The van der Waals surface area contributed by atoms with E-state index in [1.54, 1.807) is 11.9 Å². The van der Waals surface area contributed by atoms with E-state index in [-0.39, 0.29) is 23.4 Å². The van der Waals surface area contributed by atoms with Crippen molar-refractivity contribution in [2.45, 2.75) is 25.8 Å². The maximum absolute atomic E-state index is 12.6. The Bertz CT molecular complexity index is 741. The zero-order chi connectivity index (χ0) is 17.2. The minimum absolute atomic E-state index is 0.103. The number of aromatic nitrogens is 1. The van der Waals surface area contributed by atoms with Gasteiger partial charge in [-0.1, -0.05) is 13.3 Å². The molecule has 2 unspecified atom stereocenters. The molecule has 0 spiro atoms. The fourth-order valence-electron chi connectivity index (χ4n) is 3.01. The van der Waals surface area contributed by atoms with Crippen LogP contribution >= 0.6 is 0 Å². The molecule has 2 rings (SSSR count). The van der Waals surface area contributed by atoms with Crippen molar-refractivity contribution < 1.29 is 13.2 Å². The summed E-state index contributed by atoms with van der Waals surface area (Å²) in [5, 5.41) is 0. The molecule has 0 radical (unpaired) electrons. The van der Waals surface area contributed by atoms with Gasteiger partial charge in [0.25, 0.3) is 5.91 Å². The fraction of sp³-hybridized carbons (Fsp3) is 0.600. The van der Waals surface area contributed by atoms with Gasteiger partial charge in [0.15, 0.2) is 0 Å². The molecule has 1 aliphatic rings. The van der Waals surface area contributed by atoms with Gasteiger partial charge < -0.3 is 9.47 Å². The second-order valence-corrected chi connectivity index (χ2v) is 7.90. The molecule has 8 heteroatoms. The standard InChI is InChI=1S/C15H23N3O4S/c1-4-5-11-9-18(10-13(11)16-23(3,21)22)15(20)12-6-7-14(19)17(2)8-12/h6-8,11,13,16H,4-5,9-10H2,1-3H3. The van der Waals surface area contributed by atoms with E-state index in [9.17, 15) is 18.0 Å². The van der Waals surface area contributed by atoms with Crippen LogP contribution in [0.1, 0.15) is 30.1 Å². The summed E-state index contributed by atoms with van der Waals surface area (Å²) >= 11 is 0. The normalized spacial score (nSPS) is 21.6. The van der Waals surface area contributed by atoms with Crippen molar-refractivity contribution in [3.63, 3.8) is 0 Å². The lowest BCUT2D eigenvalue weighted by molar-refractivity contribution is 0.0784. The molecule has 1 aromatic rings. The number of carbonyl (C=O) groups is 1. The highest BCUT2D eigenvalue weighted by molar-refractivity contribution is 7.88. The SMILES string of the molecule is CCCC1CN(C(=O)c2ccc(=O)n(C)c2)CC1NS(C)(=O)=O. The van der Waals surface area contributed by atoms with Gasteiger partial charge in [-0.15, -0.1) is 0 Å². The fourth-order valence-corrected chi connectivity index (χ4v) is 3.83. The monoisotopic (exact) mass is 341 g/mol. The van der Waals surface area contributed by atoms with E-state index in [1.165, 1.54) is 22.9 Å². The number of hydrogen-bond acceptors (Lipinski definition) is 4. The Morgan fingerprint density at radius 3 is 2.61 bits per heavy atom. The molecule has 0 saturated carbocycles. The first kappa shape index (κ1) is 17.7. The third-order valence-electron chi connectivity index (χ3n) is 4.09. The quantitative estimate of drug-likeness (QED) is 0.827. The molecule has 1 amide bonds. The maximum atomic E-state index is 12.6. The maximum Gasteiger partial charge on any atom is 0.255 e. The molecule has 1 fully saturated rings. The summed E-state index contributed by atoms with van der Waals surface area (Å²) in [5.74, 6) is -0.0780. The average molecular weight is 341 g/mol. The Morgan fingerprint density at radius 2 is 2.04 bits per heavy atom. The molecule has 1 aromatic heterocycles. The van der Waals surface area contributed by atoms with E-state index in [1.807, 2.05) is 6.92 Å². The van der Waals surface area contributed by atoms with Crippen LogP contribution in [-0.2, 0) is 17.1 Å². The number of amides is 1. The Kier molecular flexibility index (Phi) is 5.26. The van der Waals surface area contributed by atoms with Gasteiger partial charge in [-0.3, -0.25) is 9.59 Å². The molecule has 128 valence electrons. The number of pyridine rings is 1. The van der Waals surface area contributed by atoms with Crippen LogP contribution in [0.3, 0.4) is 0 Å². The van der Waals surface area contributed by atoms with Crippen molar-refractivity contribution in [3.05, 3.63) is 34.2 Å². The minimum Gasteiger partial charge on any atom is -0.337 e. The number of rotatable bonds is 5. The van der Waals surface area contributed by atoms with E-state index >= 15 is 0 Å². The second kappa shape index (κ2) is 6.84.